The SMILES string of the molecule is CC1(C)N([O])C(c2ccc3c(c2)N(c2ccccc2)c2ccc(C4=[N+]([O-])C(C)(C)C(C)(C)N4[O])cc2N3c2ccccc2)=[N+]([O-])C1(C)C. The third-order valence-electron chi connectivity index (χ3n) is 11.3. The van der Waals surface area contributed by atoms with Crippen molar-refractivity contribution in [3.8, 4) is 0 Å². The van der Waals surface area contributed by atoms with Gasteiger partial charge in [0, 0.05) is 21.8 Å². The van der Waals surface area contributed by atoms with E-state index in [0.717, 1.165) is 53.7 Å². The first-order chi connectivity index (χ1) is 22.5. The molecule has 0 fully saturated rings. The number of rotatable bonds is 4. The molecule has 0 N–H and O–H groups in total. The van der Waals surface area contributed by atoms with Crippen molar-refractivity contribution in [2.24, 2.45) is 0 Å². The number of hydrogen-bond donors (Lipinski definition) is 0. The van der Waals surface area contributed by atoms with Crippen LogP contribution < -0.4 is 9.80 Å². The van der Waals surface area contributed by atoms with Gasteiger partial charge in [0.05, 0.1) is 33.9 Å². The van der Waals surface area contributed by atoms with Crippen molar-refractivity contribution < 1.29 is 19.9 Å². The number of nitrogens with zero attached hydrogens (tertiary/aromatic N) is 6. The molecule has 246 valence electrons. The second kappa shape index (κ2) is 10.2. The number of anilines is 6. The number of hydrogen-bond acceptors (Lipinski definition) is 6. The fourth-order valence-corrected chi connectivity index (χ4v) is 6.72. The Labute approximate surface area is 281 Å². The molecule has 0 saturated carbocycles. The van der Waals surface area contributed by atoms with Crippen LogP contribution in [0.25, 0.3) is 0 Å². The van der Waals surface area contributed by atoms with Gasteiger partial charge in [0.1, 0.15) is 11.1 Å². The summed E-state index contributed by atoms with van der Waals surface area (Å²) in [7, 11) is 0. The van der Waals surface area contributed by atoms with E-state index in [2.05, 4.69) is 9.80 Å². The van der Waals surface area contributed by atoms with Crippen LogP contribution in [0.2, 0.25) is 0 Å². The zero-order valence-electron chi connectivity index (χ0n) is 28.6. The number of amidine groups is 2. The molecule has 10 heteroatoms. The summed E-state index contributed by atoms with van der Waals surface area (Å²) >= 11 is 0. The largest absolute Gasteiger partial charge is 0.714 e. The Bertz CT molecular complexity index is 1860. The molecule has 0 atom stereocenters. The number of fused-ring (bicyclic) bond motifs is 2. The van der Waals surface area contributed by atoms with E-state index in [1.807, 2.05) is 97.1 Å². The van der Waals surface area contributed by atoms with Crippen LogP contribution in [0.1, 0.15) is 66.5 Å². The Balaban J connectivity index is 1.50. The van der Waals surface area contributed by atoms with E-state index in [1.165, 1.54) is 0 Å². The van der Waals surface area contributed by atoms with Gasteiger partial charge < -0.3 is 20.2 Å². The Morgan fingerprint density at radius 1 is 0.479 bits per heavy atom. The van der Waals surface area contributed by atoms with Crippen LogP contribution in [0.15, 0.2) is 97.1 Å². The van der Waals surface area contributed by atoms with Crippen LogP contribution in [0.5, 0.6) is 0 Å². The maximum atomic E-state index is 13.7. The molecule has 10 nitrogen and oxygen atoms in total. The highest BCUT2D eigenvalue weighted by Crippen LogP contribution is 2.55. The summed E-state index contributed by atoms with van der Waals surface area (Å²) in [4.78, 5) is 4.18. The van der Waals surface area contributed by atoms with Crippen molar-refractivity contribution in [2.75, 3.05) is 9.80 Å². The smallest absolute Gasteiger partial charge is 0.316 e. The third-order valence-corrected chi connectivity index (χ3v) is 11.3. The highest BCUT2D eigenvalue weighted by atomic mass is 16.5. The first-order valence-electron chi connectivity index (χ1n) is 16.2. The van der Waals surface area contributed by atoms with Gasteiger partial charge in [-0.2, -0.15) is 0 Å². The molecule has 0 saturated heterocycles. The molecule has 0 aliphatic carbocycles. The molecule has 0 aromatic heterocycles. The minimum Gasteiger partial charge on any atom is -0.714 e. The first-order valence-corrected chi connectivity index (χ1v) is 16.2. The van der Waals surface area contributed by atoms with Crippen LogP contribution in [0, 0.1) is 10.4 Å². The van der Waals surface area contributed by atoms with E-state index in [4.69, 9.17) is 0 Å². The second-order valence-corrected chi connectivity index (χ2v) is 14.8. The molecule has 0 bridgehead atoms. The summed E-state index contributed by atoms with van der Waals surface area (Å²) in [6.07, 6.45) is 0. The monoisotopic (exact) mass is 644 g/mol. The van der Waals surface area contributed by atoms with Crippen LogP contribution in [0.3, 0.4) is 0 Å². The quantitative estimate of drug-likeness (QED) is 0.146. The summed E-state index contributed by atoms with van der Waals surface area (Å²) < 4.78 is 1.66. The number of benzene rings is 4. The molecule has 7 rings (SSSR count). The van der Waals surface area contributed by atoms with Crippen LogP contribution in [0.4, 0.5) is 34.1 Å². The van der Waals surface area contributed by atoms with Crippen LogP contribution in [-0.2, 0) is 10.4 Å². The highest BCUT2D eigenvalue weighted by Gasteiger charge is 2.61. The summed E-state index contributed by atoms with van der Waals surface area (Å²) in [5.74, 6) is 0.115. The van der Waals surface area contributed by atoms with Gasteiger partial charge in [-0.25, -0.2) is 0 Å². The fourth-order valence-electron chi connectivity index (χ4n) is 6.72. The van der Waals surface area contributed by atoms with E-state index in [-0.39, 0.29) is 11.7 Å². The second-order valence-electron chi connectivity index (χ2n) is 14.8. The lowest BCUT2D eigenvalue weighted by Crippen LogP contribution is -2.53. The molecule has 3 aliphatic rings. The van der Waals surface area contributed by atoms with E-state index in [0.29, 0.717) is 11.1 Å². The van der Waals surface area contributed by atoms with E-state index in [1.54, 1.807) is 55.4 Å². The molecule has 48 heavy (non-hydrogen) atoms. The number of hydroxylamine groups is 6. The maximum Gasteiger partial charge on any atom is 0.316 e. The Hall–Kier alpha value is -5.06. The topological polar surface area (TPSA) is 105 Å². The summed E-state index contributed by atoms with van der Waals surface area (Å²) in [6, 6.07) is 30.9. The van der Waals surface area contributed by atoms with Gasteiger partial charge >= 0.3 is 11.7 Å². The Morgan fingerprint density at radius 2 is 0.812 bits per heavy atom. The van der Waals surface area contributed by atoms with Crippen LogP contribution in [-0.4, -0.2) is 53.4 Å². The number of para-hydroxylation sites is 2. The normalized spacial score (nSPS) is 20.4. The van der Waals surface area contributed by atoms with Crippen molar-refractivity contribution in [1.29, 1.82) is 0 Å². The van der Waals surface area contributed by atoms with Gasteiger partial charge in [-0.1, -0.05) is 46.5 Å². The maximum absolute atomic E-state index is 13.7. The average molecular weight is 645 g/mol. The first kappa shape index (κ1) is 31.5. The summed E-state index contributed by atoms with van der Waals surface area (Å²) in [6.45, 7) is 14.3. The average Bonchev–Trinajstić information content (AvgIpc) is 3.26. The van der Waals surface area contributed by atoms with Crippen molar-refractivity contribution in [2.45, 2.75) is 77.5 Å². The predicted molar refractivity (Wildman–Crippen MR) is 186 cm³/mol. The van der Waals surface area contributed by atoms with Crippen molar-refractivity contribution in [3.05, 3.63) is 119 Å². The van der Waals surface area contributed by atoms with Gasteiger partial charge in [-0.3, -0.25) is 9.48 Å². The van der Waals surface area contributed by atoms with Crippen molar-refractivity contribution >= 4 is 45.8 Å². The minimum absolute atomic E-state index is 0.0576. The summed E-state index contributed by atoms with van der Waals surface area (Å²) in [5.41, 5.74) is 1.95. The molecule has 0 unspecified atom stereocenters. The van der Waals surface area contributed by atoms with Crippen molar-refractivity contribution in [1.82, 2.24) is 10.1 Å². The van der Waals surface area contributed by atoms with Crippen LogP contribution >= 0.6 is 0 Å². The Kier molecular flexibility index (Phi) is 6.71. The third kappa shape index (κ3) is 4.05. The molecule has 3 aliphatic heterocycles. The van der Waals surface area contributed by atoms with Gasteiger partial charge in [-0.05, 0) is 116 Å². The lowest BCUT2D eigenvalue weighted by molar-refractivity contribution is -0.539. The summed E-state index contributed by atoms with van der Waals surface area (Å²) in [5, 5.41) is 56.5. The van der Waals surface area contributed by atoms with Crippen molar-refractivity contribution in [3.63, 3.8) is 0 Å². The molecule has 4 aromatic rings. The lowest BCUT2D eigenvalue weighted by Gasteiger charge is -2.40. The molecule has 3 heterocycles. The van der Waals surface area contributed by atoms with E-state index < -0.39 is 22.2 Å². The Morgan fingerprint density at radius 3 is 1.10 bits per heavy atom. The van der Waals surface area contributed by atoms with Gasteiger partial charge in [-0.15, -0.1) is 0 Å². The standard InChI is InChI=1S/C38H40N6O4/c1-35(2)36(3,4)42(46)33(41(35)45)25-19-21-29-31(23-25)39(27-15-11-9-12-16-27)30-22-20-26(24-32(30)40(29)28-17-13-10-14-18-28)34-43(47)37(5,6)38(7,8)44(34)48/h9-24H,1-8H3. The molecule has 0 spiro atoms. The van der Waals surface area contributed by atoms with Gasteiger partial charge in [0.15, 0.2) is 11.1 Å². The molecule has 0 amide bonds. The van der Waals surface area contributed by atoms with Gasteiger partial charge in [0.2, 0.25) is 0 Å². The van der Waals surface area contributed by atoms with E-state index >= 15 is 0 Å². The molecular formula is C38H40N6O4. The zero-order valence-corrected chi connectivity index (χ0v) is 28.6. The molecular weight excluding hydrogens is 604 g/mol. The fraction of sp³-hybridized carbons (Fsp3) is 0.316. The molecule has 4 aromatic carbocycles. The molecule has 2 radical (unpaired) electrons. The zero-order chi connectivity index (χ0) is 34.6. The predicted octanol–water partition coefficient (Wildman–Crippen LogP) is 7.89. The minimum atomic E-state index is -0.968. The van der Waals surface area contributed by atoms with Gasteiger partial charge in [0.25, 0.3) is 0 Å². The highest BCUT2D eigenvalue weighted by molar-refractivity contribution is 6.07. The van der Waals surface area contributed by atoms with E-state index in [9.17, 15) is 20.8 Å². The lowest BCUT2D eigenvalue weighted by atomic mass is 9.84.